The van der Waals surface area contributed by atoms with Crippen LogP contribution >= 0.6 is 0 Å². The molecule has 0 fully saturated rings. The molecule has 0 aromatic heterocycles. The molecule has 2 aromatic carbocycles. The van der Waals surface area contributed by atoms with Gasteiger partial charge in [0.1, 0.15) is 0 Å². The molecule has 0 radical (unpaired) electrons. The van der Waals surface area contributed by atoms with Gasteiger partial charge in [-0.2, -0.15) is 0 Å². The van der Waals surface area contributed by atoms with Gasteiger partial charge in [0.05, 0.1) is 6.61 Å². The zero-order chi connectivity index (χ0) is 16.7. The van der Waals surface area contributed by atoms with Gasteiger partial charge in [0.15, 0.2) is 18.2 Å². The van der Waals surface area contributed by atoms with E-state index in [9.17, 15) is 4.79 Å². The lowest BCUT2D eigenvalue weighted by Crippen LogP contribution is -2.32. The second-order valence-corrected chi connectivity index (χ2v) is 5.12. The summed E-state index contributed by atoms with van der Waals surface area (Å²) in [6.45, 7) is 6.45. The minimum absolute atomic E-state index is 0.0563. The van der Waals surface area contributed by atoms with Gasteiger partial charge in [-0.3, -0.25) is 0 Å². The third-order valence-electron chi connectivity index (χ3n) is 3.25. The molecule has 0 spiro atoms. The van der Waals surface area contributed by atoms with E-state index in [2.05, 4.69) is 10.6 Å². The molecule has 5 heteroatoms. The lowest BCUT2D eigenvalue weighted by Gasteiger charge is -2.13. The summed E-state index contributed by atoms with van der Waals surface area (Å²) in [5, 5.41) is 5.48. The van der Waals surface area contributed by atoms with Crippen LogP contribution in [0.2, 0.25) is 0 Å². The monoisotopic (exact) mass is 314 g/mol. The summed E-state index contributed by atoms with van der Waals surface area (Å²) >= 11 is 0. The lowest BCUT2D eigenvalue weighted by molar-refractivity contribution is 0.229. The highest BCUT2D eigenvalue weighted by Crippen LogP contribution is 2.25. The van der Waals surface area contributed by atoms with Crippen molar-refractivity contribution >= 4 is 11.7 Å². The van der Waals surface area contributed by atoms with Crippen molar-refractivity contribution in [2.45, 2.75) is 20.8 Å². The van der Waals surface area contributed by atoms with Crippen LogP contribution < -0.4 is 20.1 Å². The Morgan fingerprint density at radius 3 is 2.43 bits per heavy atom. The smallest absolute Gasteiger partial charge is 0.321 e. The third-order valence-corrected chi connectivity index (χ3v) is 3.25. The Kier molecular flexibility index (Phi) is 5.86. The summed E-state index contributed by atoms with van der Waals surface area (Å²) < 4.78 is 11.0. The molecular weight excluding hydrogens is 292 g/mol. The van der Waals surface area contributed by atoms with Crippen molar-refractivity contribution in [3.63, 3.8) is 0 Å². The molecule has 0 bridgehead atoms. The Morgan fingerprint density at radius 2 is 1.74 bits per heavy atom. The van der Waals surface area contributed by atoms with Crippen LogP contribution in [0, 0.1) is 13.8 Å². The molecule has 122 valence electrons. The largest absolute Gasteiger partial charge is 0.490 e. The number of ether oxygens (including phenoxy) is 2. The number of para-hydroxylation sites is 2. The molecule has 2 N–H and O–H groups in total. The Bertz CT molecular complexity index is 671. The molecule has 0 atom stereocenters. The standard InChI is InChI=1S/C18H22N2O3/c1-4-22-16-7-5-6-8-17(16)23-12-19-18(21)20-15-11-13(2)9-10-14(15)3/h5-11H,4,12H2,1-3H3,(H2,19,20,21). The molecule has 0 saturated heterocycles. The number of urea groups is 1. The maximum absolute atomic E-state index is 11.9. The van der Waals surface area contributed by atoms with E-state index in [0.717, 1.165) is 16.8 Å². The van der Waals surface area contributed by atoms with Crippen molar-refractivity contribution in [2.75, 3.05) is 18.7 Å². The Hall–Kier alpha value is -2.69. The molecule has 2 aromatic rings. The zero-order valence-corrected chi connectivity index (χ0v) is 13.7. The summed E-state index contributed by atoms with van der Waals surface area (Å²) in [6, 6.07) is 13.0. The third kappa shape index (κ3) is 4.92. The van der Waals surface area contributed by atoms with Crippen LogP contribution in [0.15, 0.2) is 42.5 Å². The van der Waals surface area contributed by atoms with Gasteiger partial charge in [-0.05, 0) is 50.1 Å². The van der Waals surface area contributed by atoms with Crippen LogP contribution in [0.1, 0.15) is 18.1 Å². The highest BCUT2D eigenvalue weighted by Gasteiger charge is 2.06. The molecule has 0 unspecified atom stereocenters. The molecule has 0 heterocycles. The molecule has 23 heavy (non-hydrogen) atoms. The number of rotatable bonds is 6. The van der Waals surface area contributed by atoms with Gasteiger partial charge in [0.25, 0.3) is 0 Å². The van der Waals surface area contributed by atoms with Crippen molar-refractivity contribution in [3.05, 3.63) is 53.6 Å². The highest BCUT2D eigenvalue weighted by atomic mass is 16.5. The first-order chi connectivity index (χ1) is 11.1. The molecule has 0 aliphatic rings. The number of carbonyl (C=O) groups excluding carboxylic acids is 1. The number of hydrogen-bond donors (Lipinski definition) is 2. The van der Waals surface area contributed by atoms with Gasteiger partial charge in [-0.25, -0.2) is 4.79 Å². The maximum atomic E-state index is 11.9. The first-order valence-corrected chi connectivity index (χ1v) is 7.57. The lowest BCUT2D eigenvalue weighted by atomic mass is 10.1. The molecule has 2 amide bonds. The van der Waals surface area contributed by atoms with Crippen LogP contribution in [0.25, 0.3) is 0 Å². The first-order valence-electron chi connectivity index (χ1n) is 7.57. The van der Waals surface area contributed by atoms with Crippen molar-refractivity contribution in [2.24, 2.45) is 0 Å². The maximum Gasteiger partial charge on any atom is 0.321 e. The minimum Gasteiger partial charge on any atom is -0.490 e. The van der Waals surface area contributed by atoms with Gasteiger partial charge in [-0.1, -0.05) is 24.3 Å². The van der Waals surface area contributed by atoms with E-state index >= 15 is 0 Å². The second kappa shape index (κ2) is 8.08. The molecule has 5 nitrogen and oxygen atoms in total. The molecule has 0 saturated carbocycles. The number of amides is 2. The number of nitrogens with one attached hydrogen (secondary N) is 2. The second-order valence-electron chi connectivity index (χ2n) is 5.12. The SMILES string of the molecule is CCOc1ccccc1OCNC(=O)Nc1cc(C)ccc1C. The number of benzene rings is 2. The average Bonchev–Trinajstić information content (AvgIpc) is 2.53. The minimum atomic E-state index is -0.312. The van der Waals surface area contributed by atoms with E-state index in [-0.39, 0.29) is 12.8 Å². The van der Waals surface area contributed by atoms with Gasteiger partial charge in [-0.15, -0.1) is 0 Å². The fourth-order valence-corrected chi connectivity index (χ4v) is 2.06. The van der Waals surface area contributed by atoms with Gasteiger partial charge in [0, 0.05) is 5.69 Å². The fraction of sp³-hybridized carbons (Fsp3) is 0.278. The summed E-state index contributed by atoms with van der Waals surface area (Å²) in [5.74, 6) is 1.26. The molecule has 2 rings (SSSR count). The van der Waals surface area contributed by atoms with Crippen LogP contribution in [0.5, 0.6) is 11.5 Å². The van der Waals surface area contributed by atoms with Crippen LogP contribution in [0.3, 0.4) is 0 Å². The predicted molar refractivity (Wildman–Crippen MR) is 91.2 cm³/mol. The van der Waals surface area contributed by atoms with Crippen molar-refractivity contribution in [1.29, 1.82) is 0 Å². The fourth-order valence-electron chi connectivity index (χ4n) is 2.06. The Balaban J connectivity index is 1.87. The topological polar surface area (TPSA) is 59.6 Å². The number of aryl methyl sites for hydroxylation is 2. The highest BCUT2D eigenvalue weighted by molar-refractivity contribution is 5.90. The van der Waals surface area contributed by atoms with Gasteiger partial charge >= 0.3 is 6.03 Å². The van der Waals surface area contributed by atoms with E-state index in [1.54, 1.807) is 6.07 Å². The van der Waals surface area contributed by atoms with Gasteiger partial charge in [0.2, 0.25) is 0 Å². The Labute approximate surface area is 136 Å². The van der Waals surface area contributed by atoms with E-state index in [1.165, 1.54) is 0 Å². The van der Waals surface area contributed by atoms with Crippen LogP contribution in [-0.4, -0.2) is 19.4 Å². The molecular formula is C18H22N2O3. The van der Waals surface area contributed by atoms with E-state index in [0.29, 0.717) is 18.1 Å². The quantitative estimate of drug-likeness (QED) is 0.796. The van der Waals surface area contributed by atoms with Crippen molar-refractivity contribution in [1.82, 2.24) is 5.32 Å². The van der Waals surface area contributed by atoms with Crippen molar-refractivity contribution in [3.8, 4) is 11.5 Å². The normalized spacial score (nSPS) is 10.0. The van der Waals surface area contributed by atoms with Crippen LogP contribution in [-0.2, 0) is 0 Å². The molecule has 0 aliphatic carbocycles. The number of carbonyl (C=O) groups is 1. The van der Waals surface area contributed by atoms with Crippen molar-refractivity contribution < 1.29 is 14.3 Å². The summed E-state index contributed by atoms with van der Waals surface area (Å²) in [5.41, 5.74) is 2.89. The summed E-state index contributed by atoms with van der Waals surface area (Å²) in [6.07, 6.45) is 0. The van der Waals surface area contributed by atoms with E-state index in [4.69, 9.17) is 9.47 Å². The van der Waals surface area contributed by atoms with E-state index < -0.39 is 0 Å². The predicted octanol–water partition coefficient (Wildman–Crippen LogP) is 3.86. The summed E-state index contributed by atoms with van der Waals surface area (Å²) in [4.78, 5) is 11.9. The average molecular weight is 314 g/mol. The van der Waals surface area contributed by atoms with E-state index in [1.807, 2.05) is 57.2 Å². The number of anilines is 1. The first kappa shape index (κ1) is 16.7. The number of hydrogen-bond acceptors (Lipinski definition) is 3. The van der Waals surface area contributed by atoms with Crippen LogP contribution in [0.4, 0.5) is 10.5 Å². The van der Waals surface area contributed by atoms with Gasteiger partial charge < -0.3 is 20.1 Å². The molecule has 0 aliphatic heterocycles. The zero-order valence-electron chi connectivity index (χ0n) is 13.7. The Morgan fingerprint density at radius 1 is 1.04 bits per heavy atom. The summed E-state index contributed by atoms with van der Waals surface area (Å²) in [7, 11) is 0.